The van der Waals surface area contributed by atoms with E-state index in [1.165, 1.54) is 6.07 Å². The molecule has 0 aliphatic rings. The predicted octanol–water partition coefficient (Wildman–Crippen LogP) is 3.25. The van der Waals surface area contributed by atoms with Gasteiger partial charge in [0.2, 0.25) is 0 Å². The van der Waals surface area contributed by atoms with Gasteiger partial charge >= 0.3 is 0 Å². The zero-order valence-corrected chi connectivity index (χ0v) is 11.2. The van der Waals surface area contributed by atoms with Crippen molar-refractivity contribution >= 4 is 5.78 Å². The summed E-state index contributed by atoms with van der Waals surface area (Å²) in [5.74, 6) is 0.762. The fourth-order valence-corrected chi connectivity index (χ4v) is 2.06. The van der Waals surface area contributed by atoms with E-state index in [0.717, 1.165) is 16.9 Å². The monoisotopic (exact) mass is 256 g/mol. The van der Waals surface area contributed by atoms with Crippen molar-refractivity contribution in [2.45, 2.75) is 13.8 Å². The second kappa shape index (κ2) is 5.14. The van der Waals surface area contributed by atoms with Crippen LogP contribution in [0.15, 0.2) is 36.4 Å². The lowest BCUT2D eigenvalue weighted by molar-refractivity contribution is 0.103. The van der Waals surface area contributed by atoms with Gasteiger partial charge in [-0.2, -0.15) is 0 Å². The summed E-state index contributed by atoms with van der Waals surface area (Å²) in [6.45, 7) is 3.77. The van der Waals surface area contributed by atoms with Gasteiger partial charge in [0.25, 0.3) is 0 Å². The number of ketones is 1. The molecule has 0 fully saturated rings. The molecule has 3 nitrogen and oxygen atoms in total. The first kappa shape index (κ1) is 13.1. The van der Waals surface area contributed by atoms with Gasteiger partial charge in [0, 0.05) is 11.1 Å². The maximum absolute atomic E-state index is 12.4. The zero-order valence-electron chi connectivity index (χ0n) is 11.2. The van der Waals surface area contributed by atoms with Crippen molar-refractivity contribution in [2.24, 2.45) is 0 Å². The average molecular weight is 256 g/mol. The predicted molar refractivity (Wildman–Crippen MR) is 74.0 cm³/mol. The molecular weight excluding hydrogens is 240 g/mol. The van der Waals surface area contributed by atoms with Crippen molar-refractivity contribution in [1.82, 2.24) is 0 Å². The molecule has 1 N–H and O–H groups in total. The molecular formula is C16H16O3. The first-order valence-corrected chi connectivity index (χ1v) is 6.02. The summed E-state index contributed by atoms with van der Waals surface area (Å²) in [7, 11) is 1.61. The molecule has 0 atom stereocenters. The highest BCUT2D eigenvalue weighted by molar-refractivity contribution is 6.10. The van der Waals surface area contributed by atoms with Crippen LogP contribution < -0.4 is 4.74 Å². The van der Waals surface area contributed by atoms with E-state index in [2.05, 4.69) is 0 Å². The molecule has 0 spiro atoms. The Morgan fingerprint density at radius 2 is 1.84 bits per heavy atom. The van der Waals surface area contributed by atoms with E-state index >= 15 is 0 Å². The third-order valence-corrected chi connectivity index (χ3v) is 3.09. The Morgan fingerprint density at radius 1 is 1.11 bits per heavy atom. The Morgan fingerprint density at radius 3 is 2.47 bits per heavy atom. The summed E-state index contributed by atoms with van der Waals surface area (Å²) in [6.07, 6.45) is 0. The highest BCUT2D eigenvalue weighted by Crippen LogP contribution is 2.25. The Labute approximate surface area is 112 Å². The third kappa shape index (κ3) is 2.60. The van der Waals surface area contributed by atoms with Gasteiger partial charge < -0.3 is 9.84 Å². The Bertz CT molecular complexity index is 630. The molecule has 0 aromatic heterocycles. The summed E-state index contributed by atoms with van der Waals surface area (Å²) in [6, 6.07) is 10.0. The fourth-order valence-electron chi connectivity index (χ4n) is 2.06. The molecule has 3 heteroatoms. The van der Waals surface area contributed by atoms with Crippen LogP contribution in [0.2, 0.25) is 0 Å². The second-order valence-corrected chi connectivity index (χ2v) is 4.52. The van der Waals surface area contributed by atoms with Crippen LogP contribution in [0, 0.1) is 13.8 Å². The minimum atomic E-state index is -0.0980. The zero-order chi connectivity index (χ0) is 14.0. The van der Waals surface area contributed by atoms with Gasteiger partial charge in [-0.3, -0.25) is 4.79 Å². The number of methoxy groups -OCH3 is 1. The molecule has 0 bridgehead atoms. The quantitative estimate of drug-likeness (QED) is 0.857. The summed E-state index contributed by atoms with van der Waals surface area (Å²) >= 11 is 0. The smallest absolute Gasteiger partial charge is 0.193 e. The second-order valence-electron chi connectivity index (χ2n) is 4.52. The summed E-state index contributed by atoms with van der Waals surface area (Å²) < 4.78 is 5.23. The largest absolute Gasteiger partial charge is 0.508 e. The molecule has 2 rings (SSSR count). The number of phenols is 1. The van der Waals surface area contributed by atoms with Gasteiger partial charge in [-0.15, -0.1) is 0 Å². The van der Waals surface area contributed by atoms with Crippen LogP contribution >= 0.6 is 0 Å². The number of aryl methyl sites for hydroxylation is 2. The van der Waals surface area contributed by atoms with Crippen molar-refractivity contribution < 1.29 is 14.6 Å². The van der Waals surface area contributed by atoms with Crippen LogP contribution in [-0.2, 0) is 0 Å². The molecule has 2 aromatic carbocycles. The van der Waals surface area contributed by atoms with E-state index in [9.17, 15) is 9.90 Å². The number of carbonyl (C=O) groups excluding carboxylic acids is 1. The van der Waals surface area contributed by atoms with Crippen LogP contribution in [0.3, 0.4) is 0 Å². The highest BCUT2D eigenvalue weighted by Gasteiger charge is 2.14. The number of hydrogen-bond donors (Lipinski definition) is 1. The highest BCUT2D eigenvalue weighted by atomic mass is 16.5. The first-order chi connectivity index (χ1) is 9.02. The molecule has 98 valence electrons. The van der Waals surface area contributed by atoms with Gasteiger partial charge in [-0.1, -0.05) is 12.1 Å². The molecule has 0 aliphatic heterocycles. The van der Waals surface area contributed by atoms with Crippen LogP contribution in [0.1, 0.15) is 27.0 Å². The molecule has 19 heavy (non-hydrogen) atoms. The Kier molecular flexibility index (Phi) is 3.56. The van der Waals surface area contributed by atoms with Crippen molar-refractivity contribution in [1.29, 1.82) is 0 Å². The molecule has 0 unspecified atom stereocenters. The Hall–Kier alpha value is -2.29. The number of carbonyl (C=O) groups is 1. The van der Waals surface area contributed by atoms with E-state index < -0.39 is 0 Å². The minimum Gasteiger partial charge on any atom is -0.508 e. The van der Waals surface area contributed by atoms with Crippen LogP contribution in [0.4, 0.5) is 0 Å². The van der Waals surface area contributed by atoms with Crippen molar-refractivity contribution in [2.75, 3.05) is 7.11 Å². The summed E-state index contributed by atoms with van der Waals surface area (Å²) in [4.78, 5) is 12.4. The van der Waals surface area contributed by atoms with Crippen LogP contribution in [-0.4, -0.2) is 18.0 Å². The first-order valence-electron chi connectivity index (χ1n) is 6.02. The maximum Gasteiger partial charge on any atom is 0.193 e. The number of benzene rings is 2. The average Bonchev–Trinajstić information content (AvgIpc) is 2.40. The molecule has 2 aromatic rings. The molecule has 0 aliphatic carbocycles. The molecule has 0 radical (unpaired) electrons. The number of phenolic OH excluding ortho intramolecular Hbond substituents is 1. The number of aromatic hydroxyl groups is 1. The molecule has 0 saturated heterocycles. The van der Waals surface area contributed by atoms with E-state index in [1.807, 2.05) is 26.0 Å². The summed E-state index contributed by atoms with van der Waals surface area (Å²) in [5, 5.41) is 9.44. The number of rotatable bonds is 3. The van der Waals surface area contributed by atoms with Crippen LogP contribution in [0.5, 0.6) is 11.5 Å². The summed E-state index contributed by atoms with van der Waals surface area (Å²) in [5.41, 5.74) is 2.88. The minimum absolute atomic E-state index is 0.0914. The maximum atomic E-state index is 12.4. The van der Waals surface area contributed by atoms with E-state index in [4.69, 9.17) is 4.74 Å². The van der Waals surface area contributed by atoms with Gasteiger partial charge in [0.15, 0.2) is 5.78 Å². The SMILES string of the molecule is COc1cc(C)c(C(=O)c2cccc(O)c2)cc1C. The molecule has 0 amide bonds. The lowest BCUT2D eigenvalue weighted by Gasteiger charge is -2.10. The lowest BCUT2D eigenvalue weighted by atomic mass is 9.96. The van der Waals surface area contributed by atoms with Crippen molar-refractivity contribution in [3.8, 4) is 11.5 Å². The van der Waals surface area contributed by atoms with Gasteiger partial charge in [0.05, 0.1) is 7.11 Å². The van der Waals surface area contributed by atoms with E-state index in [-0.39, 0.29) is 11.5 Å². The van der Waals surface area contributed by atoms with Gasteiger partial charge in [-0.05, 0) is 49.2 Å². The van der Waals surface area contributed by atoms with Gasteiger partial charge in [-0.25, -0.2) is 0 Å². The van der Waals surface area contributed by atoms with E-state index in [1.54, 1.807) is 25.3 Å². The van der Waals surface area contributed by atoms with E-state index in [0.29, 0.717) is 11.1 Å². The third-order valence-electron chi connectivity index (χ3n) is 3.09. The molecule has 0 heterocycles. The fraction of sp³-hybridized carbons (Fsp3) is 0.188. The van der Waals surface area contributed by atoms with Gasteiger partial charge in [0.1, 0.15) is 11.5 Å². The van der Waals surface area contributed by atoms with Crippen molar-refractivity contribution in [3.63, 3.8) is 0 Å². The number of ether oxygens (including phenoxy) is 1. The molecule has 0 saturated carbocycles. The lowest BCUT2D eigenvalue weighted by Crippen LogP contribution is -2.05. The normalized spacial score (nSPS) is 10.3. The topological polar surface area (TPSA) is 46.5 Å². The Balaban J connectivity index is 2.47. The number of hydrogen-bond acceptors (Lipinski definition) is 3. The van der Waals surface area contributed by atoms with Crippen LogP contribution in [0.25, 0.3) is 0 Å². The van der Waals surface area contributed by atoms with Crippen molar-refractivity contribution in [3.05, 3.63) is 58.7 Å². The standard InChI is InChI=1S/C16H16O3/c1-10-8-15(19-3)11(2)7-14(10)16(18)12-5-4-6-13(17)9-12/h4-9,17H,1-3H3.